The molecule has 0 saturated carbocycles. The van der Waals surface area contributed by atoms with Crippen molar-refractivity contribution in [3.05, 3.63) is 17.7 Å². The second kappa shape index (κ2) is 23.8. The molecule has 1 fully saturated rings. The highest BCUT2D eigenvalue weighted by Gasteiger charge is 2.27. The first-order valence-corrected chi connectivity index (χ1v) is 17.2. The summed E-state index contributed by atoms with van der Waals surface area (Å²) < 4.78 is 34.1. The highest BCUT2D eigenvalue weighted by Crippen LogP contribution is 2.40. The lowest BCUT2D eigenvalue weighted by atomic mass is 10.1. The Kier molecular flexibility index (Phi) is 20.2. The van der Waals surface area contributed by atoms with Gasteiger partial charge in [0.2, 0.25) is 5.75 Å². The lowest BCUT2D eigenvalue weighted by Gasteiger charge is -2.19. The summed E-state index contributed by atoms with van der Waals surface area (Å²) in [5, 5.41) is 0. The van der Waals surface area contributed by atoms with Gasteiger partial charge in [-0.15, -0.1) is 0 Å². The lowest BCUT2D eigenvalue weighted by molar-refractivity contribution is 0.0299. The molecule has 0 aliphatic carbocycles. The van der Waals surface area contributed by atoms with Crippen molar-refractivity contribution in [2.75, 3.05) is 33.0 Å². The second-order valence-electron chi connectivity index (χ2n) is 11.5. The summed E-state index contributed by atoms with van der Waals surface area (Å²) >= 11 is 0. The number of hydrogen-bond acceptors (Lipinski definition) is 8. The van der Waals surface area contributed by atoms with Crippen molar-refractivity contribution in [3.63, 3.8) is 0 Å². The molecule has 0 aromatic heterocycles. The summed E-state index contributed by atoms with van der Waals surface area (Å²) in [4.78, 5) is 24.3. The van der Waals surface area contributed by atoms with Crippen LogP contribution in [0.5, 0.6) is 17.2 Å². The van der Waals surface area contributed by atoms with Gasteiger partial charge in [0.1, 0.15) is 13.2 Å². The van der Waals surface area contributed by atoms with Crippen molar-refractivity contribution in [2.45, 2.75) is 142 Å². The predicted octanol–water partition coefficient (Wildman–Crippen LogP) is 9.60. The summed E-state index contributed by atoms with van der Waals surface area (Å²) in [6.07, 6.45) is 19.5. The smallest absolute Gasteiger partial charge is 0.490 e. The molecule has 1 heterocycles. The molecule has 1 unspecified atom stereocenters. The van der Waals surface area contributed by atoms with Crippen LogP contribution in [0.2, 0.25) is 0 Å². The third kappa shape index (κ3) is 16.1. The zero-order valence-corrected chi connectivity index (χ0v) is 27.3. The van der Waals surface area contributed by atoms with Crippen LogP contribution in [0.4, 0.5) is 4.79 Å². The Labute approximate surface area is 260 Å². The molecule has 0 N–H and O–H groups in total. The summed E-state index contributed by atoms with van der Waals surface area (Å²) in [7, 11) is 0. The van der Waals surface area contributed by atoms with Crippen LogP contribution in [-0.4, -0.2) is 51.3 Å². The highest BCUT2D eigenvalue weighted by atomic mass is 16.8. The van der Waals surface area contributed by atoms with Crippen LogP contribution in [-0.2, 0) is 14.2 Å². The first-order chi connectivity index (χ1) is 21.1. The Balaban J connectivity index is 2.12. The van der Waals surface area contributed by atoms with E-state index in [-0.39, 0.29) is 13.2 Å². The Hall–Kier alpha value is -2.64. The van der Waals surface area contributed by atoms with Crippen LogP contribution in [0, 0.1) is 0 Å². The molecule has 0 spiro atoms. The molecule has 0 radical (unpaired) electrons. The van der Waals surface area contributed by atoms with Gasteiger partial charge >= 0.3 is 12.1 Å². The molecule has 1 aromatic rings. The van der Waals surface area contributed by atoms with Gasteiger partial charge in [0.25, 0.3) is 0 Å². The molecule has 2 rings (SSSR count). The number of esters is 1. The van der Waals surface area contributed by atoms with E-state index >= 15 is 0 Å². The normalized spacial score (nSPS) is 14.3. The second-order valence-corrected chi connectivity index (χ2v) is 11.5. The number of unbranched alkanes of at least 4 members (excludes halogenated alkanes) is 15. The maximum atomic E-state index is 13.1. The molecular weight excluding hydrogens is 548 g/mol. The third-order valence-electron chi connectivity index (χ3n) is 7.56. The summed E-state index contributed by atoms with van der Waals surface area (Å²) in [6, 6.07) is 3.37. The minimum absolute atomic E-state index is 0.0660. The van der Waals surface area contributed by atoms with Gasteiger partial charge < -0.3 is 28.4 Å². The van der Waals surface area contributed by atoms with Crippen LogP contribution in [0.25, 0.3) is 0 Å². The van der Waals surface area contributed by atoms with Gasteiger partial charge in [-0.05, 0) is 31.4 Å². The number of carbonyl (C=O) groups is 2. The Morgan fingerprint density at radius 2 is 1.12 bits per heavy atom. The zero-order valence-electron chi connectivity index (χ0n) is 27.3. The van der Waals surface area contributed by atoms with Crippen molar-refractivity contribution in [1.82, 2.24) is 0 Å². The fourth-order valence-corrected chi connectivity index (χ4v) is 4.94. The first-order valence-electron chi connectivity index (χ1n) is 17.2. The monoisotopic (exact) mass is 606 g/mol. The average molecular weight is 607 g/mol. The molecule has 1 saturated heterocycles. The largest absolute Gasteiger partial charge is 0.508 e. The van der Waals surface area contributed by atoms with E-state index in [0.717, 1.165) is 38.5 Å². The number of benzene rings is 1. The minimum atomic E-state index is -0.747. The van der Waals surface area contributed by atoms with Gasteiger partial charge in [0, 0.05) is 0 Å². The van der Waals surface area contributed by atoms with Crippen LogP contribution in [0.1, 0.15) is 147 Å². The van der Waals surface area contributed by atoms with E-state index in [1.807, 2.05) is 0 Å². The maximum absolute atomic E-state index is 13.1. The van der Waals surface area contributed by atoms with Gasteiger partial charge in [-0.3, -0.25) is 0 Å². The molecule has 1 aliphatic rings. The molecule has 1 aromatic carbocycles. The van der Waals surface area contributed by atoms with Gasteiger partial charge in [0.15, 0.2) is 17.6 Å². The Morgan fingerprint density at radius 3 is 1.56 bits per heavy atom. The zero-order chi connectivity index (χ0) is 31.0. The number of hydrogen-bond donors (Lipinski definition) is 0. The average Bonchev–Trinajstić information content (AvgIpc) is 3.43. The number of rotatable bonds is 27. The quantitative estimate of drug-likeness (QED) is 0.0722. The van der Waals surface area contributed by atoms with Gasteiger partial charge in [-0.1, -0.05) is 117 Å². The van der Waals surface area contributed by atoms with Crippen LogP contribution >= 0.6 is 0 Å². The van der Waals surface area contributed by atoms with Crippen LogP contribution in [0.15, 0.2) is 12.1 Å². The molecule has 246 valence electrons. The molecule has 0 amide bonds. The Morgan fingerprint density at radius 1 is 0.674 bits per heavy atom. The van der Waals surface area contributed by atoms with E-state index in [4.69, 9.17) is 28.4 Å². The third-order valence-corrected chi connectivity index (χ3v) is 7.56. The van der Waals surface area contributed by atoms with Crippen molar-refractivity contribution in [3.8, 4) is 17.2 Å². The van der Waals surface area contributed by atoms with Crippen molar-refractivity contribution < 1.29 is 38.0 Å². The highest BCUT2D eigenvalue weighted by molar-refractivity contribution is 5.91. The minimum Gasteiger partial charge on any atom is -0.490 e. The number of cyclic esters (lactones) is 2. The van der Waals surface area contributed by atoms with Crippen LogP contribution in [0.3, 0.4) is 0 Å². The summed E-state index contributed by atoms with van der Waals surface area (Å²) in [5.74, 6) is 1.02. The molecule has 8 nitrogen and oxygen atoms in total. The van der Waals surface area contributed by atoms with Gasteiger partial charge in [-0.25, -0.2) is 9.59 Å². The van der Waals surface area contributed by atoms with Gasteiger partial charge in [0.05, 0.1) is 25.4 Å². The summed E-state index contributed by atoms with van der Waals surface area (Å²) in [5.41, 5.74) is 0.313. The SMILES string of the molecule is CCCCCCCCOc1cc(C(=O)OCC2COC(=O)O2)cc(OCCCCCCCC)c1OCCCCCCCC. The van der Waals surface area contributed by atoms with E-state index in [9.17, 15) is 9.59 Å². The first kappa shape index (κ1) is 36.6. The molecule has 1 aliphatic heterocycles. The predicted molar refractivity (Wildman–Crippen MR) is 170 cm³/mol. The summed E-state index contributed by atoms with van der Waals surface area (Å²) in [6.45, 7) is 8.26. The van der Waals surface area contributed by atoms with Crippen molar-refractivity contribution in [2.24, 2.45) is 0 Å². The number of carbonyl (C=O) groups excluding carboxylic acids is 2. The topological polar surface area (TPSA) is 89.5 Å². The maximum Gasteiger partial charge on any atom is 0.508 e. The van der Waals surface area contributed by atoms with Crippen molar-refractivity contribution >= 4 is 12.1 Å². The molecular formula is C35H58O8. The standard InChI is InChI=1S/C35H58O8/c1-4-7-10-13-16-19-22-38-31-25-29(34(36)41-27-30-28-42-35(37)43-30)26-32(39-23-20-17-14-11-8-5-2)33(31)40-24-21-18-15-12-9-6-3/h25-26,30H,4-24,27-28H2,1-3H3. The van der Waals surface area contributed by atoms with E-state index < -0.39 is 18.2 Å². The van der Waals surface area contributed by atoms with E-state index in [1.165, 1.54) is 77.0 Å². The molecule has 1 atom stereocenters. The van der Waals surface area contributed by atoms with E-state index in [2.05, 4.69) is 20.8 Å². The molecule has 0 bridgehead atoms. The molecule has 8 heteroatoms. The van der Waals surface area contributed by atoms with E-state index in [1.54, 1.807) is 12.1 Å². The van der Waals surface area contributed by atoms with Crippen molar-refractivity contribution in [1.29, 1.82) is 0 Å². The van der Waals surface area contributed by atoms with Gasteiger partial charge in [-0.2, -0.15) is 0 Å². The van der Waals surface area contributed by atoms with Crippen LogP contribution < -0.4 is 14.2 Å². The Bertz CT molecular complexity index is 848. The lowest BCUT2D eigenvalue weighted by Crippen LogP contribution is -2.21. The molecule has 43 heavy (non-hydrogen) atoms. The fraction of sp³-hybridized carbons (Fsp3) is 0.771. The number of ether oxygens (including phenoxy) is 6. The fourth-order valence-electron chi connectivity index (χ4n) is 4.94. The van der Waals surface area contributed by atoms with E-state index in [0.29, 0.717) is 42.6 Å².